The Labute approximate surface area is 73.6 Å². The minimum Gasteiger partial charge on any atom is -0.389 e. The van der Waals surface area contributed by atoms with Crippen LogP contribution >= 0.6 is 0 Å². The quantitative estimate of drug-likeness (QED) is 0.646. The molecule has 2 atom stereocenters. The van der Waals surface area contributed by atoms with Crippen LogP contribution in [0.15, 0.2) is 23.8 Å². The molecule has 0 aromatic heterocycles. The van der Waals surface area contributed by atoms with Crippen LogP contribution in [0.1, 0.15) is 27.2 Å². The molecule has 70 valence electrons. The van der Waals surface area contributed by atoms with Crippen molar-refractivity contribution in [2.24, 2.45) is 0 Å². The molecule has 0 saturated carbocycles. The van der Waals surface area contributed by atoms with Crippen molar-refractivity contribution in [3.05, 3.63) is 23.8 Å². The number of rotatable bonds is 4. The van der Waals surface area contributed by atoms with E-state index in [-0.39, 0.29) is 0 Å². The van der Waals surface area contributed by atoms with Crippen molar-refractivity contribution in [1.29, 1.82) is 0 Å². The van der Waals surface area contributed by atoms with E-state index >= 15 is 0 Å². The Kier molecular flexibility index (Phi) is 5.64. The molecule has 1 nitrogen and oxygen atoms in total. The van der Waals surface area contributed by atoms with Crippen LogP contribution in [0.3, 0.4) is 0 Å². The first-order valence-corrected chi connectivity index (χ1v) is 4.25. The highest BCUT2D eigenvalue weighted by Gasteiger charge is 1.95. The number of allylic oxidation sites excluding steroid dienone is 3. The third-order valence-corrected chi connectivity index (χ3v) is 1.46. The fourth-order valence-electron chi connectivity index (χ4n) is 0.828. The summed E-state index contributed by atoms with van der Waals surface area (Å²) in [7, 11) is 0. The van der Waals surface area contributed by atoms with Gasteiger partial charge in [0, 0.05) is 0 Å². The van der Waals surface area contributed by atoms with Crippen molar-refractivity contribution < 1.29 is 9.50 Å². The second-order valence-electron chi connectivity index (χ2n) is 2.93. The summed E-state index contributed by atoms with van der Waals surface area (Å²) < 4.78 is 12.7. The van der Waals surface area contributed by atoms with Crippen LogP contribution in [0.25, 0.3) is 0 Å². The first-order chi connectivity index (χ1) is 5.56. The number of hydrogen-bond acceptors (Lipinski definition) is 1. The standard InChI is InChI=1S/C10H17FO/c1-4-10(11)6-5-8(2)7-9(3)12/h5-7,9-10,12H,4H2,1-3H3/b6-5-,8-7+/t9-,10-/m0/s1. The van der Waals surface area contributed by atoms with Gasteiger partial charge in [-0.25, -0.2) is 4.39 Å². The fraction of sp³-hybridized carbons (Fsp3) is 0.600. The van der Waals surface area contributed by atoms with Crippen LogP contribution in [0.4, 0.5) is 4.39 Å². The van der Waals surface area contributed by atoms with E-state index in [0.29, 0.717) is 6.42 Å². The summed E-state index contributed by atoms with van der Waals surface area (Å²) in [6, 6.07) is 0. The Morgan fingerprint density at radius 3 is 2.58 bits per heavy atom. The van der Waals surface area contributed by atoms with Gasteiger partial charge in [-0.3, -0.25) is 0 Å². The summed E-state index contributed by atoms with van der Waals surface area (Å²) in [5, 5.41) is 8.94. The zero-order chi connectivity index (χ0) is 9.56. The van der Waals surface area contributed by atoms with E-state index in [9.17, 15) is 4.39 Å². The zero-order valence-electron chi connectivity index (χ0n) is 7.92. The van der Waals surface area contributed by atoms with Crippen molar-refractivity contribution in [3.63, 3.8) is 0 Å². The van der Waals surface area contributed by atoms with Gasteiger partial charge in [0.05, 0.1) is 6.10 Å². The van der Waals surface area contributed by atoms with Crippen LogP contribution in [-0.4, -0.2) is 17.4 Å². The van der Waals surface area contributed by atoms with E-state index in [1.54, 1.807) is 26.0 Å². The van der Waals surface area contributed by atoms with E-state index in [2.05, 4.69) is 0 Å². The van der Waals surface area contributed by atoms with Crippen molar-refractivity contribution in [1.82, 2.24) is 0 Å². The molecule has 2 heteroatoms. The van der Waals surface area contributed by atoms with Gasteiger partial charge in [0.2, 0.25) is 0 Å². The van der Waals surface area contributed by atoms with Crippen LogP contribution in [0.5, 0.6) is 0 Å². The molecule has 0 aliphatic carbocycles. The smallest absolute Gasteiger partial charge is 0.118 e. The van der Waals surface area contributed by atoms with E-state index in [1.165, 1.54) is 6.08 Å². The van der Waals surface area contributed by atoms with Gasteiger partial charge in [-0.1, -0.05) is 30.7 Å². The molecule has 0 spiro atoms. The maximum atomic E-state index is 12.7. The SMILES string of the molecule is CC[C@H](F)/C=C\C(C)=C\[C@H](C)O. The zero-order valence-corrected chi connectivity index (χ0v) is 7.92. The molecule has 12 heavy (non-hydrogen) atoms. The van der Waals surface area contributed by atoms with Gasteiger partial charge in [-0.15, -0.1) is 0 Å². The summed E-state index contributed by atoms with van der Waals surface area (Å²) >= 11 is 0. The second kappa shape index (κ2) is 5.95. The summed E-state index contributed by atoms with van der Waals surface area (Å²) in [6.45, 7) is 5.30. The molecule has 0 aromatic carbocycles. The monoisotopic (exact) mass is 172 g/mol. The molecule has 0 saturated heterocycles. The summed E-state index contributed by atoms with van der Waals surface area (Å²) in [5.41, 5.74) is 0.890. The van der Waals surface area contributed by atoms with E-state index in [0.717, 1.165) is 5.57 Å². The summed E-state index contributed by atoms with van der Waals surface area (Å²) in [5.74, 6) is 0. The van der Waals surface area contributed by atoms with Crippen LogP contribution in [0, 0.1) is 0 Å². The topological polar surface area (TPSA) is 20.2 Å². The molecule has 0 unspecified atom stereocenters. The van der Waals surface area contributed by atoms with Gasteiger partial charge in [-0.05, 0) is 20.3 Å². The number of alkyl halides is 1. The van der Waals surface area contributed by atoms with Gasteiger partial charge >= 0.3 is 0 Å². The lowest BCUT2D eigenvalue weighted by atomic mass is 10.2. The molecular formula is C10H17FO. The Morgan fingerprint density at radius 2 is 2.17 bits per heavy atom. The molecule has 0 rings (SSSR count). The van der Waals surface area contributed by atoms with Gasteiger partial charge in [0.15, 0.2) is 0 Å². The minimum atomic E-state index is -0.873. The van der Waals surface area contributed by atoms with Crippen molar-refractivity contribution >= 4 is 0 Å². The average Bonchev–Trinajstić information content (AvgIpc) is 1.99. The molecule has 0 aromatic rings. The molecule has 1 N–H and O–H groups in total. The van der Waals surface area contributed by atoms with Crippen molar-refractivity contribution in [2.45, 2.75) is 39.5 Å². The third kappa shape index (κ3) is 6.10. The normalized spacial score (nSPS) is 18.2. The van der Waals surface area contributed by atoms with Gasteiger partial charge in [0.1, 0.15) is 6.17 Å². The first-order valence-electron chi connectivity index (χ1n) is 4.25. The van der Waals surface area contributed by atoms with Crippen LogP contribution < -0.4 is 0 Å². The fourth-order valence-corrected chi connectivity index (χ4v) is 0.828. The van der Waals surface area contributed by atoms with Gasteiger partial charge in [0.25, 0.3) is 0 Å². The predicted molar refractivity (Wildman–Crippen MR) is 49.8 cm³/mol. The van der Waals surface area contributed by atoms with Crippen molar-refractivity contribution in [3.8, 4) is 0 Å². The Morgan fingerprint density at radius 1 is 1.58 bits per heavy atom. The lowest BCUT2D eigenvalue weighted by Gasteiger charge is -1.98. The molecule has 0 amide bonds. The molecule has 0 radical (unpaired) electrons. The van der Waals surface area contributed by atoms with Gasteiger partial charge < -0.3 is 5.11 Å². The maximum Gasteiger partial charge on any atom is 0.118 e. The Balaban J connectivity index is 3.98. The number of hydrogen-bond donors (Lipinski definition) is 1. The molecule has 0 heterocycles. The highest BCUT2D eigenvalue weighted by molar-refractivity contribution is 5.18. The highest BCUT2D eigenvalue weighted by atomic mass is 19.1. The second-order valence-corrected chi connectivity index (χ2v) is 2.93. The molecule has 0 bridgehead atoms. The summed E-state index contributed by atoms with van der Waals surface area (Å²) in [4.78, 5) is 0. The van der Waals surface area contributed by atoms with E-state index in [1.807, 2.05) is 6.92 Å². The summed E-state index contributed by atoms with van der Waals surface area (Å²) in [6.07, 6.45) is 4.04. The molecule has 0 fully saturated rings. The van der Waals surface area contributed by atoms with E-state index < -0.39 is 12.3 Å². The minimum absolute atomic E-state index is 0.464. The molecule has 0 aliphatic heterocycles. The third-order valence-electron chi connectivity index (χ3n) is 1.46. The average molecular weight is 172 g/mol. The first kappa shape index (κ1) is 11.4. The number of aliphatic hydroxyl groups is 1. The lowest BCUT2D eigenvalue weighted by molar-refractivity contribution is 0.243. The number of aliphatic hydroxyl groups excluding tert-OH is 1. The van der Waals surface area contributed by atoms with E-state index in [4.69, 9.17) is 5.11 Å². The van der Waals surface area contributed by atoms with Crippen LogP contribution in [0.2, 0.25) is 0 Å². The van der Waals surface area contributed by atoms with Crippen LogP contribution in [-0.2, 0) is 0 Å². The Hall–Kier alpha value is -0.630. The predicted octanol–water partition coefficient (Wildman–Crippen LogP) is 2.62. The molecule has 0 aliphatic rings. The lowest BCUT2D eigenvalue weighted by Crippen LogP contribution is -1.94. The van der Waals surface area contributed by atoms with Gasteiger partial charge in [-0.2, -0.15) is 0 Å². The maximum absolute atomic E-state index is 12.7. The molecular weight excluding hydrogens is 155 g/mol. The highest BCUT2D eigenvalue weighted by Crippen LogP contribution is 2.03. The Bertz CT molecular complexity index is 171. The van der Waals surface area contributed by atoms with Crippen molar-refractivity contribution in [2.75, 3.05) is 0 Å². The number of halogens is 1. The largest absolute Gasteiger partial charge is 0.389 e.